The Labute approximate surface area is 112 Å². The van der Waals surface area contributed by atoms with Crippen molar-refractivity contribution in [2.75, 3.05) is 13.7 Å². The van der Waals surface area contributed by atoms with Crippen LogP contribution in [0.3, 0.4) is 0 Å². The van der Waals surface area contributed by atoms with Gasteiger partial charge < -0.3 is 10.5 Å². The lowest BCUT2D eigenvalue weighted by Crippen LogP contribution is -2.32. The Morgan fingerprint density at radius 1 is 1.35 bits per heavy atom. The van der Waals surface area contributed by atoms with Crippen molar-refractivity contribution in [3.05, 3.63) is 27.7 Å². The van der Waals surface area contributed by atoms with Gasteiger partial charge in [-0.15, -0.1) is 0 Å². The summed E-state index contributed by atoms with van der Waals surface area (Å²) < 4.78 is 6.71. The van der Waals surface area contributed by atoms with Crippen LogP contribution < -0.4 is 10.5 Å². The molecule has 0 aromatic heterocycles. The molecule has 2 rings (SSSR count). The fourth-order valence-corrected chi connectivity index (χ4v) is 3.60. The standard InChI is InChI=1S/C14H20BrNO/c1-10-7-11(15)8-12(13(10)17-2)14(9-16)5-3-4-6-14/h7-8H,3-6,9,16H2,1-2H3. The predicted molar refractivity (Wildman–Crippen MR) is 74.6 cm³/mol. The molecule has 94 valence electrons. The van der Waals surface area contributed by atoms with Crippen LogP contribution in [0.4, 0.5) is 0 Å². The molecule has 1 fully saturated rings. The highest BCUT2D eigenvalue weighted by Gasteiger charge is 2.37. The van der Waals surface area contributed by atoms with Gasteiger partial charge in [0.05, 0.1) is 7.11 Å². The second kappa shape index (κ2) is 4.99. The van der Waals surface area contributed by atoms with E-state index in [9.17, 15) is 0 Å². The maximum Gasteiger partial charge on any atom is 0.125 e. The zero-order chi connectivity index (χ0) is 12.5. The first-order chi connectivity index (χ1) is 8.13. The molecule has 1 aromatic carbocycles. The SMILES string of the molecule is COc1c(C)cc(Br)cc1C1(CN)CCCC1. The maximum absolute atomic E-state index is 6.05. The van der Waals surface area contributed by atoms with Crippen LogP contribution in [0, 0.1) is 6.92 Å². The number of benzene rings is 1. The van der Waals surface area contributed by atoms with E-state index in [-0.39, 0.29) is 5.41 Å². The van der Waals surface area contributed by atoms with E-state index in [2.05, 4.69) is 35.0 Å². The van der Waals surface area contributed by atoms with Gasteiger partial charge in [-0.05, 0) is 37.5 Å². The zero-order valence-electron chi connectivity index (χ0n) is 10.6. The molecule has 1 aromatic rings. The number of halogens is 1. The topological polar surface area (TPSA) is 35.2 Å². The van der Waals surface area contributed by atoms with Gasteiger partial charge in [-0.1, -0.05) is 28.8 Å². The lowest BCUT2D eigenvalue weighted by atomic mass is 9.78. The van der Waals surface area contributed by atoms with Crippen LogP contribution in [-0.2, 0) is 5.41 Å². The normalized spacial score (nSPS) is 18.4. The first-order valence-corrected chi connectivity index (χ1v) is 6.97. The number of ether oxygens (including phenoxy) is 1. The van der Waals surface area contributed by atoms with E-state index in [0.717, 1.165) is 10.2 Å². The molecule has 1 aliphatic rings. The lowest BCUT2D eigenvalue weighted by Gasteiger charge is -2.30. The smallest absolute Gasteiger partial charge is 0.125 e. The van der Waals surface area contributed by atoms with E-state index < -0.39 is 0 Å². The summed E-state index contributed by atoms with van der Waals surface area (Å²) in [5.41, 5.74) is 8.64. The Kier molecular flexibility index (Phi) is 3.79. The summed E-state index contributed by atoms with van der Waals surface area (Å²) >= 11 is 3.58. The molecule has 1 saturated carbocycles. The molecule has 2 N–H and O–H groups in total. The fraction of sp³-hybridized carbons (Fsp3) is 0.571. The van der Waals surface area contributed by atoms with Crippen molar-refractivity contribution >= 4 is 15.9 Å². The largest absolute Gasteiger partial charge is 0.496 e. The summed E-state index contributed by atoms with van der Waals surface area (Å²) in [6.07, 6.45) is 4.89. The Bertz CT molecular complexity index is 411. The van der Waals surface area contributed by atoms with Crippen LogP contribution in [0.25, 0.3) is 0 Å². The van der Waals surface area contributed by atoms with Gasteiger partial charge in [0.25, 0.3) is 0 Å². The van der Waals surface area contributed by atoms with Crippen LogP contribution in [0.5, 0.6) is 5.75 Å². The third-order valence-corrected chi connectivity index (χ3v) is 4.42. The second-order valence-corrected chi connectivity index (χ2v) is 5.91. The minimum atomic E-state index is 0.125. The summed E-state index contributed by atoms with van der Waals surface area (Å²) in [6.45, 7) is 2.80. The third-order valence-electron chi connectivity index (χ3n) is 3.97. The minimum Gasteiger partial charge on any atom is -0.496 e. The lowest BCUT2D eigenvalue weighted by molar-refractivity contribution is 0.375. The summed E-state index contributed by atoms with van der Waals surface area (Å²) in [4.78, 5) is 0. The summed E-state index contributed by atoms with van der Waals surface area (Å²) in [6, 6.07) is 4.28. The van der Waals surface area contributed by atoms with Crippen molar-refractivity contribution in [2.24, 2.45) is 5.73 Å². The molecule has 3 heteroatoms. The molecule has 2 nitrogen and oxygen atoms in total. The van der Waals surface area contributed by atoms with Gasteiger partial charge in [0.2, 0.25) is 0 Å². The molecular weight excluding hydrogens is 278 g/mol. The van der Waals surface area contributed by atoms with E-state index in [4.69, 9.17) is 10.5 Å². The van der Waals surface area contributed by atoms with Crippen molar-refractivity contribution in [3.63, 3.8) is 0 Å². The average molecular weight is 298 g/mol. The molecule has 1 aliphatic carbocycles. The Morgan fingerprint density at radius 3 is 2.53 bits per heavy atom. The molecule has 0 unspecified atom stereocenters. The number of hydrogen-bond donors (Lipinski definition) is 1. The van der Waals surface area contributed by atoms with Gasteiger partial charge in [0.1, 0.15) is 5.75 Å². The molecule has 0 atom stereocenters. The van der Waals surface area contributed by atoms with Crippen molar-refractivity contribution in [1.82, 2.24) is 0 Å². The number of rotatable bonds is 3. The van der Waals surface area contributed by atoms with Gasteiger partial charge in [-0.25, -0.2) is 0 Å². The number of aryl methyl sites for hydroxylation is 1. The number of methoxy groups -OCH3 is 1. The highest BCUT2D eigenvalue weighted by atomic mass is 79.9. The van der Waals surface area contributed by atoms with Gasteiger partial charge in [0.15, 0.2) is 0 Å². The Morgan fingerprint density at radius 2 is 2.00 bits per heavy atom. The fourth-order valence-electron chi connectivity index (χ4n) is 3.03. The molecule has 0 amide bonds. The zero-order valence-corrected chi connectivity index (χ0v) is 12.1. The third kappa shape index (κ3) is 2.23. The van der Waals surface area contributed by atoms with Crippen molar-refractivity contribution < 1.29 is 4.74 Å². The van der Waals surface area contributed by atoms with Crippen LogP contribution >= 0.6 is 15.9 Å². The second-order valence-electron chi connectivity index (χ2n) is 5.00. The number of nitrogens with two attached hydrogens (primary N) is 1. The van der Waals surface area contributed by atoms with E-state index in [0.29, 0.717) is 6.54 Å². The average Bonchev–Trinajstić information content (AvgIpc) is 2.77. The van der Waals surface area contributed by atoms with Crippen LogP contribution in [0.15, 0.2) is 16.6 Å². The van der Waals surface area contributed by atoms with Crippen LogP contribution in [0.1, 0.15) is 36.8 Å². The highest BCUT2D eigenvalue weighted by molar-refractivity contribution is 9.10. The van der Waals surface area contributed by atoms with Gasteiger partial charge in [-0.2, -0.15) is 0 Å². The molecule has 0 saturated heterocycles. The quantitative estimate of drug-likeness (QED) is 0.926. The monoisotopic (exact) mass is 297 g/mol. The van der Waals surface area contributed by atoms with E-state index in [1.165, 1.54) is 36.8 Å². The van der Waals surface area contributed by atoms with Gasteiger partial charge in [-0.3, -0.25) is 0 Å². The van der Waals surface area contributed by atoms with Gasteiger partial charge in [0, 0.05) is 22.0 Å². The van der Waals surface area contributed by atoms with Gasteiger partial charge >= 0.3 is 0 Å². The molecule has 0 heterocycles. The Balaban J connectivity index is 2.56. The summed E-state index contributed by atoms with van der Waals surface area (Å²) in [5, 5.41) is 0. The Hall–Kier alpha value is -0.540. The maximum atomic E-state index is 6.05. The van der Waals surface area contributed by atoms with E-state index >= 15 is 0 Å². The van der Waals surface area contributed by atoms with Crippen molar-refractivity contribution in [2.45, 2.75) is 38.0 Å². The molecule has 0 aliphatic heterocycles. The van der Waals surface area contributed by atoms with E-state index in [1.807, 2.05) is 0 Å². The molecule has 17 heavy (non-hydrogen) atoms. The molecule has 0 bridgehead atoms. The van der Waals surface area contributed by atoms with Crippen LogP contribution in [0.2, 0.25) is 0 Å². The van der Waals surface area contributed by atoms with Crippen molar-refractivity contribution in [3.8, 4) is 5.75 Å². The van der Waals surface area contributed by atoms with E-state index in [1.54, 1.807) is 7.11 Å². The minimum absolute atomic E-state index is 0.125. The highest BCUT2D eigenvalue weighted by Crippen LogP contribution is 2.45. The molecule has 0 spiro atoms. The summed E-state index contributed by atoms with van der Waals surface area (Å²) in [5.74, 6) is 1.01. The number of hydrogen-bond acceptors (Lipinski definition) is 2. The summed E-state index contributed by atoms with van der Waals surface area (Å²) in [7, 11) is 1.75. The molecule has 0 radical (unpaired) electrons. The molecular formula is C14H20BrNO. The van der Waals surface area contributed by atoms with Crippen LogP contribution in [-0.4, -0.2) is 13.7 Å². The first kappa shape index (κ1) is 12.9. The predicted octanol–water partition coefficient (Wildman–Crippen LogP) is 3.54. The first-order valence-electron chi connectivity index (χ1n) is 6.17. The van der Waals surface area contributed by atoms with Crippen molar-refractivity contribution in [1.29, 1.82) is 0 Å².